The van der Waals surface area contributed by atoms with Crippen molar-refractivity contribution in [3.63, 3.8) is 0 Å². The molecule has 5 nitrogen and oxygen atoms in total. The highest BCUT2D eigenvalue weighted by Crippen LogP contribution is 2.62. The SMILES string of the molecule is CC(C)(C)[Si](C)(C)O[C@H]1CC2(CCC2)Cc2nc(C3CCOCC3)c3c(c21)C1(CCOCC1I)O[C@@H]3c1ccc(C(F)(F)F)cc1. The lowest BCUT2D eigenvalue weighted by Gasteiger charge is -2.51. The van der Waals surface area contributed by atoms with Crippen LogP contribution in [0.15, 0.2) is 24.3 Å². The zero-order valence-corrected chi connectivity index (χ0v) is 30.9. The van der Waals surface area contributed by atoms with Gasteiger partial charge in [-0.2, -0.15) is 13.2 Å². The molecule has 0 bridgehead atoms. The van der Waals surface area contributed by atoms with Gasteiger partial charge in [-0.05, 0) is 79.8 Å². The summed E-state index contributed by atoms with van der Waals surface area (Å²) in [7, 11) is -2.19. The molecule has 2 aliphatic carbocycles. The number of hydrogen-bond donors (Lipinski definition) is 0. The predicted molar refractivity (Wildman–Crippen MR) is 182 cm³/mol. The summed E-state index contributed by atoms with van der Waals surface area (Å²) in [5, 5.41) is 0.0391. The van der Waals surface area contributed by atoms with E-state index >= 15 is 0 Å². The van der Waals surface area contributed by atoms with Crippen molar-refractivity contribution in [2.45, 2.75) is 124 Å². The molecule has 10 heteroatoms. The Morgan fingerprint density at radius 1 is 0.957 bits per heavy atom. The number of hydrogen-bond acceptors (Lipinski definition) is 5. The van der Waals surface area contributed by atoms with Crippen LogP contribution in [-0.4, -0.2) is 43.7 Å². The molecule has 0 N–H and O–H groups in total. The fourth-order valence-corrected chi connectivity index (χ4v) is 10.6. The number of alkyl halides is 4. The van der Waals surface area contributed by atoms with E-state index in [9.17, 15) is 13.2 Å². The van der Waals surface area contributed by atoms with Gasteiger partial charge in [0.25, 0.3) is 0 Å². The van der Waals surface area contributed by atoms with Crippen LogP contribution >= 0.6 is 22.6 Å². The fourth-order valence-electron chi connectivity index (χ4n) is 8.31. The highest BCUT2D eigenvalue weighted by atomic mass is 127. The van der Waals surface area contributed by atoms with Crippen molar-refractivity contribution < 1.29 is 31.8 Å². The molecule has 1 aromatic heterocycles. The topological polar surface area (TPSA) is 49.8 Å². The Morgan fingerprint density at radius 2 is 1.65 bits per heavy atom. The predicted octanol–water partition coefficient (Wildman–Crippen LogP) is 9.71. The summed E-state index contributed by atoms with van der Waals surface area (Å²) in [6.45, 7) is 14.0. The third kappa shape index (κ3) is 5.62. The summed E-state index contributed by atoms with van der Waals surface area (Å²) < 4.78 is 67.6. The number of halogens is 4. The molecule has 7 rings (SSSR count). The Morgan fingerprint density at radius 3 is 2.24 bits per heavy atom. The van der Waals surface area contributed by atoms with Crippen molar-refractivity contribution in [1.29, 1.82) is 0 Å². The summed E-state index contributed by atoms with van der Waals surface area (Å²) in [4.78, 5) is 5.65. The Bertz CT molecular complexity index is 1470. The molecule has 0 radical (unpaired) electrons. The number of ether oxygens (including phenoxy) is 3. The lowest BCUT2D eigenvalue weighted by Crippen LogP contribution is -2.48. The van der Waals surface area contributed by atoms with Crippen molar-refractivity contribution in [2.24, 2.45) is 5.41 Å². The minimum absolute atomic E-state index is 0.0270. The highest BCUT2D eigenvalue weighted by Gasteiger charge is 2.58. The first kappa shape index (κ1) is 33.4. The van der Waals surface area contributed by atoms with E-state index in [4.69, 9.17) is 23.6 Å². The van der Waals surface area contributed by atoms with Gasteiger partial charge in [-0.25, -0.2) is 0 Å². The van der Waals surface area contributed by atoms with Crippen LogP contribution in [0, 0.1) is 5.41 Å². The van der Waals surface area contributed by atoms with E-state index in [0.29, 0.717) is 32.8 Å². The maximum Gasteiger partial charge on any atom is 0.416 e. The Hall–Kier alpha value is -1.05. The Labute approximate surface area is 286 Å². The molecule has 5 aliphatic rings. The number of aromatic nitrogens is 1. The number of rotatable bonds is 4. The van der Waals surface area contributed by atoms with E-state index in [1.54, 1.807) is 12.1 Å². The van der Waals surface area contributed by atoms with Gasteiger partial charge in [0.2, 0.25) is 0 Å². The van der Waals surface area contributed by atoms with E-state index in [0.717, 1.165) is 42.5 Å². The van der Waals surface area contributed by atoms with Crippen LogP contribution in [-0.2, 0) is 36.8 Å². The fraction of sp³-hybridized carbons (Fsp3) is 0.694. The van der Waals surface area contributed by atoms with E-state index in [-0.39, 0.29) is 26.4 Å². The van der Waals surface area contributed by atoms with Gasteiger partial charge >= 0.3 is 6.18 Å². The monoisotopic (exact) mass is 769 g/mol. The van der Waals surface area contributed by atoms with Crippen molar-refractivity contribution >= 4 is 30.9 Å². The average Bonchev–Trinajstić information content (AvgIpc) is 3.32. The molecule has 2 unspecified atom stereocenters. The second-order valence-electron chi connectivity index (χ2n) is 15.9. The summed E-state index contributed by atoms with van der Waals surface area (Å²) in [6.07, 6.45) is 3.01. The first-order chi connectivity index (χ1) is 21.6. The zero-order valence-electron chi connectivity index (χ0n) is 27.7. The third-order valence-electron chi connectivity index (χ3n) is 12.1. The van der Waals surface area contributed by atoms with Gasteiger partial charge in [-0.3, -0.25) is 4.98 Å². The molecule has 46 heavy (non-hydrogen) atoms. The molecule has 4 heterocycles. The number of nitrogens with zero attached hydrogens (tertiary/aromatic N) is 1. The van der Waals surface area contributed by atoms with Gasteiger partial charge in [0.1, 0.15) is 11.7 Å². The molecule has 2 spiro atoms. The Kier molecular flexibility index (Phi) is 8.57. The van der Waals surface area contributed by atoms with E-state index in [2.05, 4.69) is 56.5 Å². The molecular weight excluding hydrogens is 722 g/mol. The van der Waals surface area contributed by atoms with Crippen molar-refractivity contribution in [3.8, 4) is 0 Å². The smallest absolute Gasteiger partial charge is 0.410 e. The third-order valence-corrected chi connectivity index (χ3v) is 17.9. The van der Waals surface area contributed by atoms with Crippen LogP contribution in [0.2, 0.25) is 18.1 Å². The normalized spacial score (nSPS) is 29.9. The molecule has 2 aromatic rings. The maximum absolute atomic E-state index is 13.6. The van der Waals surface area contributed by atoms with Crippen LogP contribution < -0.4 is 0 Å². The van der Waals surface area contributed by atoms with E-state index in [1.807, 2.05) is 0 Å². The summed E-state index contributed by atoms with van der Waals surface area (Å²) in [5.41, 5.74) is 5.39. The van der Waals surface area contributed by atoms with E-state index in [1.165, 1.54) is 48.2 Å². The van der Waals surface area contributed by atoms with Gasteiger partial charge in [-0.1, -0.05) is 61.9 Å². The summed E-state index contributed by atoms with van der Waals surface area (Å²) in [5.74, 6) is 0.204. The Balaban J connectivity index is 1.48. The molecule has 0 amide bonds. The van der Waals surface area contributed by atoms with Crippen LogP contribution in [0.5, 0.6) is 0 Å². The van der Waals surface area contributed by atoms with E-state index < -0.39 is 31.8 Å². The molecule has 3 fully saturated rings. The minimum Gasteiger partial charge on any atom is -0.410 e. The zero-order chi connectivity index (χ0) is 32.7. The molecule has 1 saturated carbocycles. The van der Waals surface area contributed by atoms with Gasteiger partial charge < -0.3 is 18.6 Å². The summed E-state index contributed by atoms with van der Waals surface area (Å²) >= 11 is 2.50. The van der Waals surface area contributed by atoms with Crippen LogP contribution in [0.4, 0.5) is 13.2 Å². The highest BCUT2D eigenvalue weighted by molar-refractivity contribution is 14.1. The first-order valence-electron chi connectivity index (χ1n) is 17.0. The number of benzene rings is 1. The minimum atomic E-state index is -4.40. The molecule has 2 saturated heterocycles. The molecule has 1 aromatic carbocycles. The largest absolute Gasteiger partial charge is 0.416 e. The lowest BCUT2D eigenvalue weighted by molar-refractivity contribution is -0.137. The standard InChI is InChI=1S/C36H47F3INO4Si/c1-33(2,3)46(4,5)45-26-20-34(13-6-14-34)19-25-28(26)30-29(31(41-25)22-11-16-42-17-12-22)32(44-35(30)15-18-43-21-27(35)40)23-7-9-24(10-8-23)36(37,38)39/h7-10,22,26-27,32H,6,11-21H2,1-5H3/t26-,27?,32+,35?/m0/s1. The maximum atomic E-state index is 13.6. The second kappa shape index (κ2) is 11.8. The van der Waals surface area contributed by atoms with Gasteiger partial charge in [0.15, 0.2) is 8.32 Å². The van der Waals surface area contributed by atoms with Gasteiger partial charge in [0, 0.05) is 54.5 Å². The van der Waals surface area contributed by atoms with Crippen molar-refractivity contribution in [1.82, 2.24) is 4.98 Å². The molecule has 252 valence electrons. The first-order valence-corrected chi connectivity index (χ1v) is 21.2. The number of pyridine rings is 1. The summed E-state index contributed by atoms with van der Waals surface area (Å²) in [6, 6.07) is 5.60. The van der Waals surface area contributed by atoms with Crippen LogP contribution in [0.3, 0.4) is 0 Å². The molecular formula is C36H47F3INO4Si. The lowest BCUT2D eigenvalue weighted by atomic mass is 9.58. The number of fused-ring (bicyclic) bond motifs is 4. The van der Waals surface area contributed by atoms with Gasteiger partial charge in [0.05, 0.1) is 27.9 Å². The van der Waals surface area contributed by atoms with Crippen LogP contribution in [0.1, 0.15) is 123 Å². The average molecular weight is 770 g/mol. The van der Waals surface area contributed by atoms with Crippen molar-refractivity contribution in [2.75, 3.05) is 26.4 Å². The quantitative estimate of drug-likeness (QED) is 0.176. The molecule has 4 atom stereocenters. The van der Waals surface area contributed by atoms with Crippen molar-refractivity contribution in [3.05, 3.63) is 63.5 Å². The second-order valence-corrected chi connectivity index (χ2v) is 22.2. The molecule has 3 aliphatic heterocycles. The van der Waals surface area contributed by atoms with Gasteiger partial charge in [-0.15, -0.1) is 0 Å². The van der Waals surface area contributed by atoms with Crippen LogP contribution in [0.25, 0.3) is 0 Å².